The highest BCUT2D eigenvalue weighted by molar-refractivity contribution is 5.88. The summed E-state index contributed by atoms with van der Waals surface area (Å²) in [6, 6.07) is 7.95. The smallest absolute Gasteiger partial charge is 0.407 e. The van der Waals surface area contributed by atoms with Gasteiger partial charge in [0.15, 0.2) is 29.0 Å². The molecule has 0 aromatic carbocycles. The maximum Gasteiger partial charge on any atom is 0.407 e. The van der Waals surface area contributed by atoms with Gasteiger partial charge in [-0.3, -0.25) is 4.98 Å². The van der Waals surface area contributed by atoms with Crippen LogP contribution in [-0.4, -0.2) is 68.2 Å². The lowest BCUT2D eigenvalue weighted by Crippen LogP contribution is -2.33. The van der Waals surface area contributed by atoms with E-state index in [4.69, 9.17) is 24.5 Å². The van der Waals surface area contributed by atoms with Crippen molar-refractivity contribution in [1.29, 1.82) is 0 Å². The molecule has 4 aromatic heterocycles. The fourth-order valence-corrected chi connectivity index (χ4v) is 5.61. The van der Waals surface area contributed by atoms with Crippen LogP contribution in [0.4, 0.5) is 27.9 Å². The zero-order chi connectivity index (χ0) is 30.0. The average Bonchev–Trinajstić information content (AvgIpc) is 3.39. The number of anilines is 4. The van der Waals surface area contributed by atoms with E-state index in [0.29, 0.717) is 31.0 Å². The molecule has 2 aliphatic rings. The maximum atomic E-state index is 12.2. The number of carbonyl (C=O) groups excluding carboxylic acids is 1. The Hall–Kier alpha value is -4.32. The van der Waals surface area contributed by atoms with Gasteiger partial charge in [0.1, 0.15) is 11.4 Å². The number of nitrogens with zero attached hydrogens (tertiary/aromatic N) is 8. The largest absolute Gasteiger partial charge is 0.444 e. The molecule has 43 heavy (non-hydrogen) atoms. The first kappa shape index (κ1) is 28.8. The molecule has 1 saturated heterocycles. The van der Waals surface area contributed by atoms with Crippen LogP contribution in [0.1, 0.15) is 63.9 Å². The molecular weight excluding hydrogens is 546 g/mol. The van der Waals surface area contributed by atoms with Crippen LogP contribution in [0.2, 0.25) is 0 Å². The van der Waals surface area contributed by atoms with E-state index >= 15 is 0 Å². The molecule has 0 spiro atoms. The van der Waals surface area contributed by atoms with Gasteiger partial charge in [-0.1, -0.05) is 6.07 Å². The monoisotopic (exact) mass is 585 g/mol. The second-order valence-electron chi connectivity index (χ2n) is 11.9. The number of hydrogen-bond donors (Lipinski definition) is 1. The van der Waals surface area contributed by atoms with E-state index in [1.165, 1.54) is 0 Å². The molecule has 12 heteroatoms. The minimum Gasteiger partial charge on any atom is -0.444 e. The quantitative estimate of drug-likeness (QED) is 0.308. The van der Waals surface area contributed by atoms with E-state index < -0.39 is 11.7 Å². The van der Waals surface area contributed by atoms with Crippen LogP contribution in [0, 0.1) is 0 Å². The second-order valence-corrected chi connectivity index (χ2v) is 11.9. The minimum atomic E-state index is -0.551. The van der Waals surface area contributed by atoms with Crippen molar-refractivity contribution in [2.45, 2.75) is 71.1 Å². The first-order valence-corrected chi connectivity index (χ1v) is 15.0. The molecule has 1 unspecified atom stereocenters. The van der Waals surface area contributed by atoms with Gasteiger partial charge in [0.2, 0.25) is 0 Å². The van der Waals surface area contributed by atoms with Crippen LogP contribution in [-0.2, 0) is 22.3 Å². The highest BCUT2D eigenvalue weighted by atomic mass is 16.6. The molecule has 6 heterocycles. The summed E-state index contributed by atoms with van der Waals surface area (Å²) in [5.74, 6) is 2.14. The van der Waals surface area contributed by atoms with Crippen molar-refractivity contribution in [2.24, 2.45) is 0 Å². The third-order valence-corrected chi connectivity index (χ3v) is 7.60. The van der Waals surface area contributed by atoms with E-state index in [-0.39, 0.29) is 6.23 Å². The van der Waals surface area contributed by atoms with Crippen molar-refractivity contribution in [3.63, 3.8) is 0 Å². The lowest BCUT2D eigenvalue weighted by atomic mass is 10.1. The fourth-order valence-electron chi connectivity index (χ4n) is 5.61. The molecule has 12 nitrogen and oxygen atoms in total. The molecule has 1 fully saturated rings. The zero-order valence-electron chi connectivity index (χ0n) is 25.3. The van der Waals surface area contributed by atoms with E-state index in [9.17, 15) is 4.79 Å². The normalized spacial score (nSPS) is 17.0. The molecule has 1 atom stereocenters. The Balaban J connectivity index is 1.32. The van der Waals surface area contributed by atoms with Gasteiger partial charge in [-0.2, -0.15) is 0 Å². The number of ether oxygens (including phenoxy) is 2. The number of pyridine rings is 2. The van der Waals surface area contributed by atoms with Gasteiger partial charge in [0.25, 0.3) is 0 Å². The fraction of sp³-hybridized carbons (Fsp3) is 0.484. The van der Waals surface area contributed by atoms with Crippen LogP contribution in [0.5, 0.6) is 0 Å². The van der Waals surface area contributed by atoms with Gasteiger partial charge >= 0.3 is 6.09 Å². The summed E-state index contributed by atoms with van der Waals surface area (Å²) >= 11 is 0. The molecule has 226 valence electrons. The number of aromatic nitrogens is 6. The van der Waals surface area contributed by atoms with Gasteiger partial charge in [0.05, 0.1) is 17.6 Å². The number of aryl methyl sites for hydroxylation is 1. The SMILES string of the molecule is CN(c1cnc2c(N3CCCc4ncccc43)nn(C3CCCCO3)c2n1)c1ncccc1CCNC(=O)OC(C)(C)C. The lowest BCUT2D eigenvalue weighted by molar-refractivity contribution is -0.0368. The standard InChI is InChI=1S/C31H39N9O3/c1-31(2,3)43-30(41)34-17-14-21-10-7-16-33-27(21)38(4)24-20-35-26-28(36-24)40(25-13-5-6-19-42-25)37-29(26)39-18-9-11-22-23(39)12-8-15-32-22/h7-8,10,12,15-16,20,25H,5-6,9,11,13-14,17-19H2,1-4H3,(H,34,41). The number of amides is 1. The highest BCUT2D eigenvalue weighted by Crippen LogP contribution is 2.37. The molecule has 6 rings (SSSR count). The van der Waals surface area contributed by atoms with Gasteiger partial charge in [-0.05, 0) is 83.1 Å². The summed E-state index contributed by atoms with van der Waals surface area (Å²) in [4.78, 5) is 35.6. The molecule has 0 radical (unpaired) electrons. The number of carbonyl (C=O) groups is 1. The highest BCUT2D eigenvalue weighted by Gasteiger charge is 2.29. The van der Waals surface area contributed by atoms with Gasteiger partial charge < -0.3 is 24.6 Å². The first-order valence-electron chi connectivity index (χ1n) is 15.0. The van der Waals surface area contributed by atoms with Gasteiger partial charge in [-0.15, -0.1) is 5.10 Å². The topological polar surface area (TPSA) is 123 Å². The van der Waals surface area contributed by atoms with E-state index in [0.717, 1.165) is 72.7 Å². The first-order chi connectivity index (χ1) is 20.8. The summed E-state index contributed by atoms with van der Waals surface area (Å²) in [5.41, 5.74) is 3.94. The third kappa shape index (κ3) is 6.24. The summed E-state index contributed by atoms with van der Waals surface area (Å²) < 4.78 is 13.4. The predicted octanol–water partition coefficient (Wildman–Crippen LogP) is 5.23. The summed E-state index contributed by atoms with van der Waals surface area (Å²) in [6.07, 6.45) is 10.2. The molecule has 1 N–H and O–H groups in total. The van der Waals surface area contributed by atoms with Crippen molar-refractivity contribution >= 4 is 40.4 Å². The number of alkyl carbamates (subject to hydrolysis) is 1. The Morgan fingerprint density at radius 3 is 2.79 bits per heavy atom. The summed E-state index contributed by atoms with van der Waals surface area (Å²) in [5, 5.41) is 7.92. The number of rotatable bonds is 7. The third-order valence-electron chi connectivity index (χ3n) is 7.60. The van der Waals surface area contributed by atoms with Gasteiger partial charge in [0, 0.05) is 39.1 Å². The molecule has 0 saturated carbocycles. The Labute approximate surface area is 251 Å². The van der Waals surface area contributed by atoms with Crippen molar-refractivity contribution in [2.75, 3.05) is 36.5 Å². The van der Waals surface area contributed by atoms with Crippen LogP contribution >= 0.6 is 0 Å². The average molecular weight is 586 g/mol. The van der Waals surface area contributed by atoms with Gasteiger partial charge in [-0.25, -0.2) is 24.4 Å². The van der Waals surface area contributed by atoms with Crippen LogP contribution in [0.25, 0.3) is 11.2 Å². The lowest BCUT2D eigenvalue weighted by Gasteiger charge is -2.28. The summed E-state index contributed by atoms with van der Waals surface area (Å²) in [7, 11) is 1.92. The van der Waals surface area contributed by atoms with Crippen molar-refractivity contribution in [3.8, 4) is 0 Å². The van der Waals surface area contributed by atoms with Crippen LogP contribution < -0.4 is 15.1 Å². The predicted molar refractivity (Wildman–Crippen MR) is 164 cm³/mol. The Bertz CT molecular complexity index is 1590. The Morgan fingerprint density at radius 2 is 1.98 bits per heavy atom. The number of hydrogen-bond acceptors (Lipinski definition) is 10. The van der Waals surface area contributed by atoms with Crippen LogP contribution in [0.3, 0.4) is 0 Å². The van der Waals surface area contributed by atoms with E-state index in [2.05, 4.69) is 26.3 Å². The second kappa shape index (κ2) is 12.1. The molecule has 2 aliphatic heterocycles. The van der Waals surface area contributed by atoms with Crippen molar-refractivity contribution in [3.05, 3.63) is 54.1 Å². The molecule has 1 amide bonds. The Morgan fingerprint density at radius 1 is 1.14 bits per heavy atom. The maximum absolute atomic E-state index is 12.2. The van der Waals surface area contributed by atoms with E-state index in [1.807, 2.05) is 61.8 Å². The molecule has 4 aromatic rings. The van der Waals surface area contributed by atoms with Crippen LogP contribution in [0.15, 0.2) is 42.9 Å². The minimum absolute atomic E-state index is 0.206. The molecule has 0 aliphatic carbocycles. The number of nitrogens with one attached hydrogen (secondary N) is 1. The summed E-state index contributed by atoms with van der Waals surface area (Å²) in [6.45, 7) is 7.46. The van der Waals surface area contributed by atoms with E-state index in [1.54, 1.807) is 12.4 Å². The number of fused-ring (bicyclic) bond motifs is 2. The zero-order valence-corrected chi connectivity index (χ0v) is 25.3. The Kier molecular flexibility index (Phi) is 8.11. The molecule has 0 bridgehead atoms. The van der Waals surface area contributed by atoms with Crippen molar-refractivity contribution < 1.29 is 14.3 Å². The molecular formula is C31H39N9O3. The van der Waals surface area contributed by atoms with Crippen molar-refractivity contribution in [1.82, 2.24) is 35.0 Å².